The molecule has 0 unspecified atom stereocenters. The van der Waals surface area contributed by atoms with Gasteiger partial charge in [0, 0.05) is 16.8 Å². The number of hydrogen-bond donors (Lipinski definition) is 2. The summed E-state index contributed by atoms with van der Waals surface area (Å²) < 4.78 is 26.9. The van der Waals surface area contributed by atoms with E-state index in [4.69, 9.17) is 11.6 Å². The Kier molecular flexibility index (Phi) is 5.13. The van der Waals surface area contributed by atoms with Crippen LogP contribution in [-0.2, 0) is 0 Å². The van der Waals surface area contributed by atoms with Crippen molar-refractivity contribution in [2.45, 2.75) is 6.92 Å². The minimum atomic E-state index is -0.914. The Bertz CT molecular complexity index is 1030. The van der Waals surface area contributed by atoms with E-state index in [9.17, 15) is 18.9 Å². The topological polar surface area (TPSA) is 93.0 Å². The molecule has 0 amide bonds. The lowest BCUT2D eigenvalue weighted by Crippen LogP contribution is -2.06. The number of nitrogens with one attached hydrogen (secondary N) is 2. The van der Waals surface area contributed by atoms with Gasteiger partial charge in [-0.3, -0.25) is 10.1 Å². The number of aromatic nitrogens is 2. The van der Waals surface area contributed by atoms with Gasteiger partial charge in [-0.05, 0) is 36.8 Å². The number of halogens is 3. The first-order chi connectivity index (χ1) is 12.9. The van der Waals surface area contributed by atoms with E-state index in [2.05, 4.69) is 20.6 Å². The fourth-order valence-electron chi connectivity index (χ4n) is 2.32. The Labute approximate surface area is 157 Å². The van der Waals surface area contributed by atoms with Crippen molar-refractivity contribution in [3.63, 3.8) is 0 Å². The first-order valence-corrected chi connectivity index (χ1v) is 7.98. The van der Waals surface area contributed by atoms with Gasteiger partial charge in [0.15, 0.2) is 0 Å². The molecule has 27 heavy (non-hydrogen) atoms. The lowest BCUT2D eigenvalue weighted by molar-refractivity contribution is -0.383. The van der Waals surface area contributed by atoms with E-state index in [-0.39, 0.29) is 17.3 Å². The van der Waals surface area contributed by atoms with Gasteiger partial charge < -0.3 is 10.6 Å². The summed E-state index contributed by atoms with van der Waals surface area (Å²) in [5.41, 5.74) is 0.526. The maximum atomic E-state index is 13.9. The van der Waals surface area contributed by atoms with E-state index in [1.165, 1.54) is 0 Å². The average molecular weight is 392 g/mol. The van der Waals surface area contributed by atoms with Gasteiger partial charge in [0.25, 0.3) is 0 Å². The van der Waals surface area contributed by atoms with E-state index < -0.39 is 22.2 Å². The molecule has 0 bridgehead atoms. The van der Waals surface area contributed by atoms with Crippen molar-refractivity contribution in [2.24, 2.45) is 0 Å². The van der Waals surface area contributed by atoms with Crippen LogP contribution in [0.4, 0.5) is 37.5 Å². The monoisotopic (exact) mass is 391 g/mol. The molecule has 0 saturated carbocycles. The minimum absolute atomic E-state index is 0.106. The lowest BCUT2D eigenvalue weighted by atomic mass is 10.2. The molecule has 0 saturated heterocycles. The van der Waals surface area contributed by atoms with Gasteiger partial charge in [-0.1, -0.05) is 17.7 Å². The zero-order valence-corrected chi connectivity index (χ0v) is 14.6. The summed E-state index contributed by atoms with van der Waals surface area (Å²) in [6.45, 7) is 1.74. The molecule has 0 aliphatic rings. The maximum Gasteiger partial charge on any atom is 0.353 e. The van der Waals surface area contributed by atoms with Crippen LogP contribution in [0.25, 0.3) is 0 Å². The van der Waals surface area contributed by atoms with Crippen molar-refractivity contribution < 1.29 is 13.7 Å². The predicted molar refractivity (Wildman–Crippen MR) is 97.8 cm³/mol. The largest absolute Gasteiger partial charge is 0.353 e. The van der Waals surface area contributed by atoms with Gasteiger partial charge in [0.2, 0.25) is 11.6 Å². The summed E-state index contributed by atoms with van der Waals surface area (Å²) >= 11 is 6.06. The molecule has 2 N–H and O–H groups in total. The molecular weight excluding hydrogens is 380 g/mol. The van der Waals surface area contributed by atoms with Crippen molar-refractivity contribution >= 4 is 40.3 Å². The second-order valence-electron chi connectivity index (χ2n) is 5.46. The number of benzene rings is 2. The highest BCUT2D eigenvalue weighted by Gasteiger charge is 2.24. The molecule has 0 aliphatic heterocycles. The lowest BCUT2D eigenvalue weighted by Gasteiger charge is -2.12. The van der Waals surface area contributed by atoms with Crippen LogP contribution in [0.1, 0.15) is 5.56 Å². The number of nitrogens with zero attached hydrogens (tertiary/aromatic N) is 3. The second kappa shape index (κ2) is 7.50. The van der Waals surface area contributed by atoms with E-state index in [1.807, 2.05) is 0 Å². The number of rotatable bonds is 5. The molecule has 10 heteroatoms. The molecule has 2 aromatic carbocycles. The average Bonchev–Trinajstić information content (AvgIpc) is 2.61. The van der Waals surface area contributed by atoms with Crippen molar-refractivity contribution in [3.05, 3.63) is 75.1 Å². The quantitative estimate of drug-likeness (QED) is 0.463. The smallest absolute Gasteiger partial charge is 0.334 e. The van der Waals surface area contributed by atoms with E-state index in [0.29, 0.717) is 22.3 Å². The summed E-state index contributed by atoms with van der Waals surface area (Å²) in [5, 5.41) is 17.4. The van der Waals surface area contributed by atoms with E-state index in [1.54, 1.807) is 25.1 Å². The standard InChI is InChI=1S/C17H12ClF2N5O2/c1-9-11(18)3-2-4-13(9)23-16-15(25(26)27)17(22-8-21-16)24-14-6-5-10(19)7-12(14)20/h2-8H,1H3,(H2,21,22,23,24). The van der Waals surface area contributed by atoms with Crippen LogP contribution < -0.4 is 10.6 Å². The Morgan fingerprint density at radius 1 is 1.07 bits per heavy atom. The van der Waals surface area contributed by atoms with Crippen LogP contribution in [0, 0.1) is 28.7 Å². The van der Waals surface area contributed by atoms with Gasteiger partial charge >= 0.3 is 5.69 Å². The third-order valence-corrected chi connectivity index (χ3v) is 4.12. The Morgan fingerprint density at radius 2 is 1.74 bits per heavy atom. The summed E-state index contributed by atoms with van der Waals surface area (Å²) in [6.07, 6.45) is 1.08. The molecule has 0 aliphatic carbocycles. The Hall–Kier alpha value is -3.33. The molecule has 0 radical (unpaired) electrons. The van der Waals surface area contributed by atoms with Crippen LogP contribution in [0.5, 0.6) is 0 Å². The molecule has 0 fully saturated rings. The van der Waals surface area contributed by atoms with Crippen LogP contribution in [-0.4, -0.2) is 14.9 Å². The SMILES string of the molecule is Cc1c(Cl)cccc1Nc1ncnc(Nc2ccc(F)cc2F)c1[N+](=O)[O-]. The summed E-state index contributed by atoms with van der Waals surface area (Å²) in [6, 6.07) is 7.83. The van der Waals surface area contributed by atoms with Crippen LogP contribution in [0.15, 0.2) is 42.7 Å². The zero-order valence-electron chi connectivity index (χ0n) is 13.8. The number of nitro groups is 1. The summed E-state index contributed by atoms with van der Waals surface area (Å²) in [5.74, 6) is -2.04. The van der Waals surface area contributed by atoms with Crippen molar-refractivity contribution in [3.8, 4) is 0 Å². The van der Waals surface area contributed by atoms with Crippen LogP contribution in [0.2, 0.25) is 5.02 Å². The molecular formula is C17H12ClF2N5O2. The highest BCUT2D eigenvalue weighted by atomic mass is 35.5. The first-order valence-electron chi connectivity index (χ1n) is 7.60. The molecule has 3 aromatic rings. The Balaban J connectivity index is 2.02. The molecule has 138 valence electrons. The highest BCUT2D eigenvalue weighted by Crippen LogP contribution is 2.35. The molecule has 1 aromatic heterocycles. The first kappa shape index (κ1) is 18.5. The van der Waals surface area contributed by atoms with Crippen molar-refractivity contribution in [2.75, 3.05) is 10.6 Å². The van der Waals surface area contributed by atoms with E-state index in [0.717, 1.165) is 18.5 Å². The number of hydrogen-bond acceptors (Lipinski definition) is 6. The maximum absolute atomic E-state index is 13.9. The molecule has 0 atom stereocenters. The fourth-order valence-corrected chi connectivity index (χ4v) is 2.50. The fraction of sp³-hybridized carbons (Fsp3) is 0.0588. The van der Waals surface area contributed by atoms with Gasteiger partial charge in [-0.2, -0.15) is 0 Å². The predicted octanol–water partition coefficient (Wildman–Crippen LogP) is 5.11. The van der Waals surface area contributed by atoms with Gasteiger partial charge in [-0.25, -0.2) is 18.7 Å². The molecule has 0 spiro atoms. The van der Waals surface area contributed by atoms with E-state index >= 15 is 0 Å². The van der Waals surface area contributed by atoms with Crippen molar-refractivity contribution in [1.82, 2.24) is 9.97 Å². The third kappa shape index (κ3) is 3.93. The van der Waals surface area contributed by atoms with Gasteiger partial charge in [0.1, 0.15) is 18.0 Å². The molecule has 1 heterocycles. The van der Waals surface area contributed by atoms with Gasteiger partial charge in [0.05, 0.1) is 10.6 Å². The van der Waals surface area contributed by atoms with Gasteiger partial charge in [-0.15, -0.1) is 0 Å². The Morgan fingerprint density at radius 3 is 2.37 bits per heavy atom. The summed E-state index contributed by atoms with van der Waals surface area (Å²) in [7, 11) is 0. The minimum Gasteiger partial charge on any atom is -0.334 e. The normalized spacial score (nSPS) is 10.5. The van der Waals surface area contributed by atoms with Crippen molar-refractivity contribution in [1.29, 1.82) is 0 Å². The zero-order chi connectivity index (χ0) is 19.6. The summed E-state index contributed by atoms with van der Waals surface area (Å²) in [4.78, 5) is 18.6. The number of anilines is 4. The highest BCUT2D eigenvalue weighted by molar-refractivity contribution is 6.31. The molecule has 3 rings (SSSR count). The molecule has 7 nitrogen and oxygen atoms in total. The third-order valence-electron chi connectivity index (χ3n) is 3.71. The van der Waals surface area contributed by atoms with Crippen LogP contribution >= 0.6 is 11.6 Å². The second-order valence-corrected chi connectivity index (χ2v) is 5.87. The van der Waals surface area contributed by atoms with Crippen LogP contribution in [0.3, 0.4) is 0 Å².